The van der Waals surface area contributed by atoms with Crippen LogP contribution in [0, 0.1) is 13.8 Å². The fourth-order valence-corrected chi connectivity index (χ4v) is 1.75. The van der Waals surface area contributed by atoms with Crippen molar-refractivity contribution in [3.8, 4) is 5.75 Å². The van der Waals surface area contributed by atoms with Crippen molar-refractivity contribution < 1.29 is 9.53 Å². The quantitative estimate of drug-likeness (QED) is 0.854. The number of carbonyl (C=O) groups is 1. The molecule has 0 radical (unpaired) electrons. The summed E-state index contributed by atoms with van der Waals surface area (Å²) in [5.74, 6) is 0.768. The lowest BCUT2D eigenvalue weighted by Crippen LogP contribution is -2.42. The average molecular weight is 263 g/mol. The van der Waals surface area contributed by atoms with E-state index in [1.807, 2.05) is 45.9 Å². The van der Waals surface area contributed by atoms with E-state index < -0.39 is 6.10 Å². The Bertz CT molecular complexity index is 429. The zero-order chi connectivity index (χ0) is 14.4. The summed E-state index contributed by atoms with van der Waals surface area (Å²) in [6, 6.07) is 6.23. The van der Waals surface area contributed by atoms with Gasteiger partial charge in [0.1, 0.15) is 5.75 Å². The van der Waals surface area contributed by atoms with E-state index >= 15 is 0 Å². The number of amides is 1. The van der Waals surface area contributed by atoms with Gasteiger partial charge >= 0.3 is 0 Å². The first-order chi connectivity index (χ1) is 8.97. The molecule has 3 nitrogen and oxygen atoms in total. The summed E-state index contributed by atoms with van der Waals surface area (Å²) in [6.45, 7) is 10.0. The van der Waals surface area contributed by atoms with Gasteiger partial charge in [-0.3, -0.25) is 4.79 Å². The van der Waals surface area contributed by atoms with E-state index in [0.717, 1.165) is 23.3 Å². The smallest absolute Gasteiger partial charge is 0.261 e. The van der Waals surface area contributed by atoms with Gasteiger partial charge in [0, 0.05) is 6.04 Å². The molecule has 0 saturated heterocycles. The summed E-state index contributed by atoms with van der Waals surface area (Å²) in [7, 11) is 0. The molecule has 0 bridgehead atoms. The molecule has 2 atom stereocenters. The predicted octanol–water partition coefficient (Wildman–Crippen LogP) is 3.38. The Hall–Kier alpha value is -1.51. The molecule has 0 heterocycles. The summed E-state index contributed by atoms with van der Waals surface area (Å²) < 4.78 is 5.87. The van der Waals surface area contributed by atoms with E-state index in [-0.39, 0.29) is 11.9 Å². The van der Waals surface area contributed by atoms with E-state index in [4.69, 9.17) is 4.74 Å². The molecular weight excluding hydrogens is 238 g/mol. The highest BCUT2D eigenvalue weighted by Gasteiger charge is 2.20. The fraction of sp³-hybridized carbons (Fsp3) is 0.562. The maximum Gasteiger partial charge on any atom is 0.261 e. The van der Waals surface area contributed by atoms with E-state index in [2.05, 4.69) is 12.2 Å². The highest BCUT2D eigenvalue weighted by molar-refractivity contribution is 5.81. The number of aryl methyl sites for hydroxylation is 2. The Morgan fingerprint density at radius 3 is 2.53 bits per heavy atom. The minimum atomic E-state index is -0.422. The molecule has 1 amide bonds. The monoisotopic (exact) mass is 263 g/mol. The molecule has 0 unspecified atom stereocenters. The normalized spacial score (nSPS) is 13.7. The van der Waals surface area contributed by atoms with Crippen LogP contribution in [0.15, 0.2) is 18.2 Å². The van der Waals surface area contributed by atoms with Crippen molar-refractivity contribution in [2.24, 2.45) is 0 Å². The van der Waals surface area contributed by atoms with Gasteiger partial charge in [0.25, 0.3) is 5.91 Å². The average Bonchev–Trinajstić information content (AvgIpc) is 2.39. The first kappa shape index (κ1) is 15.5. The topological polar surface area (TPSA) is 38.3 Å². The summed E-state index contributed by atoms with van der Waals surface area (Å²) in [5.41, 5.74) is 2.19. The Labute approximate surface area is 116 Å². The van der Waals surface area contributed by atoms with Crippen LogP contribution in [0.4, 0.5) is 0 Å². The van der Waals surface area contributed by atoms with Gasteiger partial charge < -0.3 is 10.1 Å². The molecule has 1 rings (SSSR count). The summed E-state index contributed by atoms with van der Waals surface area (Å²) in [6.07, 6.45) is 1.16. The number of nitrogens with one attached hydrogen (secondary N) is 1. The van der Waals surface area contributed by atoms with Crippen LogP contribution >= 0.6 is 0 Å². The molecule has 1 N–H and O–H groups in total. The van der Waals surface area contributed by atoms with Crippen LogP contribution in [0.2, 0.25) is 0 Å². The lowest BCUT2D eigenvalue weighted by molar-refractivity contribution is -0.128. The van der Waals surface area contributed by atoms with Gasteiger partial charge in [0.05, 0.1) is 0 Å². The largest absolute Gasteiger partial charge is 0.480 e. The third kappa shape index (κ3) is 4.58. The molecule has 0 saturated carbocycles. The Morgan fingerprint density at radius 2 is 1.95 bits per heavy atom. The van der Waals surface area contributed by atoms with Gasteiger partial charge in [-0.1, -0.05) is 26.0 Å². The fourth-order valence-electron chi connectivity index (χ4n) is 1.75. The number of benzene rings is 1. The van der Waals surface area contributed by atoms with E-state index in [1.54, 1.807) is 0 Å². The molecule has 1 aromatic carbocycles. The van der Waals surface area contributed by atoms with Gasteiger partial charge in [0.2, 0.25) is 0 Å². The SMILES string of the molecule is CC[C@@H](C)NC(=O)[C@H](CC)Oc1cc(C)ccc1C. The molecule has 1 aromatic rings. The maximum absolute atomic E-state index is 12.1. The first-order valence-corrected chi connectivity index (χ1v) is 7.02. The summed E-state index contributed by atoms with van der Waals surface area (Å²) in [5, 5.41) is 2.97. The van der Waals surface area contributed by atoms with Crippen molar-refractivity contribution in [1.29, 1.82) is 0 Å². The number of ether oxygens (including phenoxy) is 1. The molecule has 3 heteroatoms. The molecule has 19 heavy (non-hydrogen) atoms. The molecule has 0 aliphatic rings. The molecule has 0 spiro atoms. The Morgan fingerprint density at radius 1 is 1.26 bits per heavy atom. The van der Waals surface area contributed by atoms with Gasteiger partial charge in [-0.05, 0) is 50.8 Å². The van der Waals surface area contributed by atoms with E-state index in [1.165, 1.54) is 0 Å². The van der Waals surface area contributed by atoms with Crippen molar-refractivity contribution in [2.45, 2.75) is 59.6 Å². The summed E-state index contributed by atoms with van der Waals surface area (Å²) in [4.78, 5) is 12.1. The van der Waals surface area contributed by atoms with Crippen LogP contribution in [-0.4, -0.2) is 18.1 Å². The van der Waals surface area contributed by atoms with Crippen LogP contribution in [0.5, 0.6) is 5.75 Å². The van der Waals surface area contributed by atoms with Crippen molar-refractivity contribution in [3.63, 3.8) is 0 Å². The summed E-state index contributed by atoms with van der Waals surface area (Å²) >= 11 is 0. The highest BCUT2D eigenvalue weighted by Crippen LogP contribution is 2.21. The molecule has 0 aliphatic carbocycles. The van der Waals surface area contributed by atoms with Crippen LogP contribution < -0.4 is 10.1 Å². The second-order valence-corrected chi connectivity index (χ2v) is 5.10. The molecule has 0 fully saturated rings. The minimum Gasteiger partial charge on any atom is -0.480 e. The lowest BCUT2D eigenvalue weighted by Gasteiger charge is -2.21. The second-order valence-electron chi connectivity index (χ2n) is 5.10. The van der Waals surface area contributed by atoms with Crippen molar-refractivity contribution in [2.75, 3.05) is 0 Å². The van der Waals surface area contributed by atoms with Crippen LogP contribution in [0.3, 0.4) is 0 Å². The highest BCUT2D eigenvalue weighted by atomic mass is 16.5. The van der Waals surface area contributed by atoms with Gasteiger partial charge in [-0.15, -0.1) is 0 Å². The third-order valence-corrected chi connectivity index (χ3v) is 3.28. The first-order valence-electron chi connectivity index (χ1n) is 7.02. The molecular formula is C16H25NO2. The van der Waals surface area contributed by atoms with Gasteiger partial charge in [0.15, 0.2) is 6.10 Å². The zero-order valence-corrected chi connectivity index (χ0v) is 12.6. The van der Waals surface area contributed by atoms with Crippen molar-refractivity contribution >= 4 is 5.91 Å². The van der Waals surface area contributed by atoms with Crippen LogP contribution in [0.25, 0.3) is 0 Å². The van der Waals surface area contributed by atoms with Crippen LogP contribution in [0.1, 0.15) is 44.7 Å². The van der Waals surface area contributed by atoms with E-state index in [9.17, 15) is 4.79 Å². The molecule has 0 aliphatic heterocycles. The maximum atomic E-state index is 12.1. The number of carbonyl (C=O) groups excluding carboxylic acids is 1. The van der Waals surface area contributed by atoms with Gasteiger partial charge in [-0.25, -0.2) is 0 Å². The van der Waals surface area contributed by atoms with Crippen LogP contribution in [-0.2, 0) is 4.79 Å². The number of hydrogen-bond acceptors (Lipinski definition) is 2. The van der Waals surface area contributed by atoms with E-state index in [0.29, 0.717) is 6.42 Å². The lowest BCUT2D eigenvalue weighted by atomic mass is 10.1. The Balaban J connectivity index is 2.76. The predicted molar refractivity (Wildman–Crippen MR) is 78.5 cm³/mol. The van der Waals surface area contributed by atoms with Gasteiger partial charge in [-0.2, -0.15) is 0 Å². The number of hydrogen-bond donors (Lipinski definition) is 1. The number of rotatable bonds is 6. The van der Waals surface area contributed by atoms with Crippen molar-refractivity contribution in [1.82, 2.24) is 5.32 Å². The zero-order valence-electron chi connectivity index (χ0n) is 12.6. The second kappa shape index (κ2) is 7.17. The Kier molecular flexibility index (Phi) is 5.87. The standard InChI is InChI=1S/C16H25NO2/c1-6-13(5)17-16(18)14(7-2)19-15-10-11(3)8-9-12(15)4/h8-10,13-14H,6-7H2,1-5H3,(H,17,18)/t13-,14+/m1/s1. The van der Waals surface area contributed by atoms with Crippen molar-refractivity contribution in [3.05, 3.63) is 29.3 Å². The molecule has 106 valence electrons. The minimum absolute atomic E-state index is 0.0299. The molecule has 0 aromatic heterocycles. The third-order valence-electron chi connectivity index (χ3n) is 3.28.